The van der Waals surface area contributed by atoms with Gasteiger partial charge in [-0.05, 0) is 12.8 Å². The van der Waals surface area contributed by atoms with Crippen LogP contribution in [0.1, 0.15) is 33.6 Å². The summed E-state index contributed by atoms with van der Waals surface area (Å²) in [6.07, 6.45) is 1.69. The molecule has 0 aliphatic rings. The Morgan fingerprint density at radius 1 is 1.25 bits per heavy atom. The molecule has 0 fully saturated rings. The maximum absolute atomic E-state index is 10.7. The quantitative estimate of drug-likeness (QED) is 0.537. The molecule has 0 spiro atoms. The fourth-order valence-corrected chi connectivity index (χ4v) is 0.953. The van der Waals surface area contributed by atoms with Crippen LogP contribution in [0.4, 0.5) is 0 Å². The molecule has 0 aromatic carbocycles. The van der Waals surface area contributed by atoms with Gasteiger partial charge in [0.25, 0.3) is 0 Å². The van der Waals surface area contributed by atoms with Crippen LogP contribution in [0, 0.1) is 5.92 Å². The van der Waals surface area contributed by atoms with Crippen LogP contribution < -0.4 is 0 Å². The minimum atomic E-state index is -0.370. The highest BCUT2D eigenvalue weighted by atomic mass is 16.3. The first-order valence-electron chi connectivity index (χ1n) is 3.38. The molecule has 0 rings (SSSR count). The SMILES string of the molecule is CCC(CC)C(C)[O]. The van der Waals surface area contributed by atoms with Crippen molar-refractivity contribution in [3.05, 3.63) is 0 Å². The zero-order chi connectivity index (χ0) is 6.57. The van der Waals surface area contributed by atoms with Crippen LogP contribution in [0.15, 0.2) is 0 Å². The van der Waals surface area contributed by atoms with E-state index in [1.807, 2.05) is 0 Å². The Hall–Kier alpha value is -0.0400. The van der Waals surface area contributed by atoms with Crippen molar-refractivity contribution < 1.29 is 5.11 Å². The molecule has 1 atom stereocenters. The van der Waals surface area contributed by atoms with E-state index in [4.69, 9.17) is 0 Å². The molecule has 49 valence electrons. The van der Waals surface area contributed by atoms with Crippen molar-refractivity contribution in [2.24, 2.45) is 5.92 Å². The number of hydrogen-bond acceptors (Lipinski definition) is 0. The minimum absolute atomic E-state index is 0.370. The summed E-state index contributed by atoms with van der Waals surface area (Å²) in [6, 6.07) is 0. The maximum atomic E-state index is 10.7. The highest BCUT2D eigenvalue weighted by Crippen LogP contribution is 2.11. The molecule has 1 radical (unpaired) electrons. The second-order valence-electron chi connectivity index (χ2n) is 2.28. The molecule has 1 nitrogen and oxygen atoms in total. The lowest BCUT2D eigenvalue weighted by atomic mass is 9.98. The summed E-state index contributed by atoms with van der Waals surface area (Å²) in [5.74, 6) is 0.398. The molecule has 0 aliphatic carbocycles. The molecule has 0 aromatic heterocycles. The minimum Gasteiger partial charge on any atom is -0.233 e. The first-order valence-corrected chi connectivity index (χ1v) is 3.38. The summed E-state index contributed by atoms with van der Waals surface area (Å²) in [6.45, 7) is 5.89. The number of rotatable bonds is 3. The van der Waals surface area contributed by atoms with Gasteiger partial charge in [-0.2, -0.15) is 0 Å². The van der Waals surface area contributed by atoms with E-state index in [0.717, 1.165) is 12.8 Å². The van der Waals surface area contributed by atoms with E-state index >= 15 is 0 Å². The molecule has 0 amide bonds. The molecule has 0 heterocycles. The van der Waals surface area contributed by atoms with E-state index in [2.05, 4.69) is 13.8 Å². The first-order chi connectivity index (χ1) is 3.72. The zero-order valence-corrected chi connectivity index (χ0v) is 5.98. The van der Waals surface area contributed by atoms with Gasteiger partial charge in [-0.3, -0.25) is 0 Å². The van der Waals surface area contributed by atoms with Gasteiger partial charge in [0.15, 0.2) is 0 Å². The van der Waals surface area contributed by atoms with E-state index in [9.17, 15) is 5.11 Å². The fourth-order valence-electron chi connectivity index (χ4n) is 0.953. The Labute approximate surface area is 51.7 Å². The second kappa shape index (κ2) is 3.90. The molecule has 0 aliphatic heterocycles. The third kappa shape index (κ3) is 2.31. The molecule has 0 aromatic rings. The summed E-state index contributed by atoms with van der Waals surface area (Å²) in [5, 5.41) is 10.7. The third-order valence-electron chi connectivity index (χ3n) is 1.71. The molecule has 0 N–H and O–H groups in total. The average Bonchev–Trinajstić information content (AvgIpc) is 1.69. The molecule has 8 heavy (non-hydrogen) atoms. The molecular weight excluding hydrogens is 100 g/mol. The Balaban J connectivity index is 3.35. The first kappa shape index (κ1) is 7.96. The van der Waals surface area contributed by atoms with Crippen LogP contribution >= 0.6 is 0 Å². The highest BCUT2D eigenvalue weighted by Gasteiger charge is 2.09. The van der Waals surface area contributed by atoms with Crippen LogP contribution in [0.2, 0.25) is 0 Å². The van der Waals surface area contributed by atoms with Gasteiger partial charge in [-0.25, -0.2) is 5.11 Å². The van der Waals surface area contributed by atoms with Gasteiger partial charge in [-0.15, -0.1) is 0 Å². The van der Waals surface area contributed by atoms with Crippen molar-refractivity contribution >= 4 is 0 Å². The molecule has 0 saturated carbocycles. The molecule has 0 saturated heterocycles. The molecule has 1 heteroatoms. The van der Waals surface area contributed by atoms with Crippen molar-refractivity contribution in [2.75, 3.05) is 0 Å². The summed E-state index contributed by atoms with van der Waals surface area (Å²) in [7, 11) is 0. The van der Waals surface area contributed by atoms with Crippen LogP contribution in [0.3, 0.4) is 0 Å². The molecule has 1 unspecified atom stereocenters. The van der Waals surface area contributed by atoms with Crippen molar-refractivity contribution in [1.82, 2.24) is 0 Å². The standard InChI is InChI=1S/C7H15O/c1-4-7(5-2)6(3)8/h6-7H,4-5H2,1-3H3. The number of hydrogen-bond donors (Lipinski definition) is 0. The van der Waals surface area contributed by atoms with E-state index < -0.39 is 0 Å². The van der Waals surface area contributed by atoms with E-state index in [-0.39, 0.29) is 6.10 Å². The lowest BCUT2D eigenvalue weighted by Crippen LogP contribution is -2.12. The summed E-state index contributed by atoms with van der Waals surface area (Å²) < 4.78 is 0. The van der Waals surface area contributed by atoms with Gasteiger partial charge >= 0.3 is 0 Å². The van der Waals surface area contributed by atoms with Gasteiger partial charge in [0.1, 0.15) is 0 Å². The smallest absolute Gasteiger partial charge is 0.0929 e. The normalized spacial score (nSPS) is 14.6. The van der Waals surface area contributed by atoms with Crippen LogP contribution in [0.5, 0.6) is 0 Å². The van der Waals surface area contributed by atoms with Crippen LogP contribution in [-0.4, -0.2) is 6.10 Å². The van der Waals surface area contributed by atoms with Gasteiger partial charge in [0, 0.05) is 0 Å². The Morgan fingerprint density at radius 2 is 1.62 bits per heavy atom. The lowest BCUT2D eigenvalue weighted by molar-refractivity contribution is 0.0487. The summed E-state index contributed by atoms with van der Waals surface area (Å²) in [5.41, 5.74) is 0. The van der Waals surface area contributed by atoms with E-state index in [1.165, 1.54) is 0 Å². The summed E-state index contributed by atoms with van der Waals surface area (Å²) >= 11 is 0. The van der Waals surface area contributed by atoms with Crippen molar-refractivity contribution in [2.45, 2.75) is 39.7 Å². The van der Waals surface area contributed by atoms with Gasteiger partial charge < -0.3 is 0 Å². The highest BCUT2D eigenvalue weighted by molar-refractivity contribution is 4.59. The maximum Gasteiger partial charge on any atom is 0.0929 e. The Kier molecular flexibility index (Phi) is 3.88. The third-order valence-corrected chi connectivity index (χ3v) is 1.71. The van der Waals surface area contributed by atoms with E-state index in [0.29, 0.717) is 5.92 Å². The molecular formula is C7H15O. The van der Waals surface area contributed by atoms with Crippen molar-refractivity contribution in [3.8, 4) is 0 Å². The predicted octanol–water partition coefficient (Wildman–Crippen LogP) is 2.24. The van der Waals surface area contributed by atoms with Gasteiger partial charge in [-0.1, -0.05) is 26.7 Å². The topological polar surface area (TPSA) is 19.9 Å². The van der Waals surface area contributed by atoms with Gasteiger partial charge in [0.2, 0.25) is 0 Å². The Morgan fingerprint density at radius 3 is 1.62 bits per heavy atom. The molecule has 0 bridgehead atoms. The summed E-state index contributed by atoms with van der Waals surface area (Å²) in [4.78, 5) is 0. The second-order valence-corrected chi connectivity index (χ2v) is 2.28. The fraction of sp³-hybridized carbons (Fsp3) is 1.00. The van der Waals surface area contributed by atoms with Crippen molar-refractivity contribution in [3.63, 3.8) is 0 Å². The van der Waals surface area contributed by atoms with Crippen LogP contribution in [0.25, 0.3) is 0 Å². The van der Waals surface area contributed by atoms with Gasteiger partial charge in [0.05, 0.1) is 6.10 Å². The average molecular weight is 115 g/mol. The lowest BCUT2D eigenvalue weighted by Gasteiger charge is -2.11. The van der Waals surface area contributed by atoms with E-state index in [1.54, 1.807) is 6.92 Å². The predicted molar refractivity (Wildman–Crippen MR) is 34.2 cm³/mol. The van der Waals surface area contributed by atoms with Crippen molar-refractivity contribution in [1.29, 1.82) is 0 Å². The zero-order valence-electron chi connectivity index (χ0n) is 5.98. The van der Waals surface area contributed by atoms with Crippen LogP contribution in [-0.2, 0) is 5.11 Å². The largest absolute Gasteiger partial charge is 0.233 e. The Bertz CT molecular complexity index is 46.3. The monoisotopic (exact) mass is 115 g/mol.